The van der Waals surface area contributed by atoms with E-state index in [4.69, 9.17) is 0 Å². The number of urea groups is 1. The molecule has 0 aromatic rings. The van der Waals surface area contributed by atoms with Crippen LogP contribution in [-0.2, 0) is 4.79 Å². The highest BCUT2D eigenvalue weighted by atomic mass is 16.2. The summed E-state index contributed by atoms with van der Waals surface area (Å²) < 4.78 is 0. The van der Waals surface area contributed by atoms with Gasteiger partial charge in [0, 0.05) is 45.2 Å². The topological polar surface area (TPSA) is 64.7 Å². The Labute approximate surface area is 115 Å². The fraction of sp³-hybridized carbons (Fsp3) is 0.846. The Balaban J connectivity index is 2.36. The first kappa shape index (κ1) is 15.8. The fourth-order valence-electron chi connectivity index (χ4n) is 2.15. The third-order valence-corrected chi connectivity index (χ3v) is 3.33. The SMILES string of the molecule is CCNCC(C)C(=O)N1CCN(C(=O)NCC)CC1. The van der Waals surface area contributed by atoms with Crippen molar-refractivity contribution < 1.29 is 9.59 Å². The van der Waals surface area contributed by atoms with Crippen LogP contribution in [0.2, 0.25) is 0 Å². The standard InChI is InChI=1S/C13H26N4O2/c1-4-14-10-11(3)12(18)16-6-8-17(9-7-16)13(19)15-5-2/h11,14H,4-10H2,1-3H3,(H,15,19). The molecule has 1 atom stereocenters. The number of amides is 3. The summed E-state index contributed by atoms with van der Waals surface area (Å²) in [6, 6.07) is -0.0321. The first-order valence-corrected chi connectivity index (χ1v) is 7.12. The minimum Gasteiger partial charge on any atom is -0.339 e. The number of nitrogens with one attached hydrogen (secondary N) is 2. The fourth-order valence-corrected chi connectivity index (χ4v) is 2.15. The minimum absolute atomic E-state index is 0.00373. The molecule has 1 fully saturated rings. The van der Waals surface area contributed by atoms with Gasteiger partial charge in [0.15, 0.2) is 0 Å². The molecule has 1 rings (SSSR count). The molecular weight excluding hydrogens is 244 g/mol. The molecule has 0 spiro atoms. The van der Waals surface area contributed by atoms with E-state index in [-0.39, 0.29) is 17.9 Å². The van der Waals surface area contributed by atoms with Crippen molar-refractivity contribution in [3.63, 3.8) is 0 Å². The van der Waals surface area contributed by atoms with Gasteiger partial charge in [-0.15, -0.1) is 0 Å². The highest BCUT2D eigenvalue weighted by Gasteiger charge is 2.26. The van der Waals surface area contributed by atoms with Crippen LogP contribution in [0.1, 0.15) is 20.8 Å². The van der Waals surface area contributed by atoms with Crippen molar-refractivity contribution in [2.24, 2.45) is 5.92 Å². The first-order valence-electron chi connectivity index (χ1n) is 7.12. The van der Waals surface area contributed by atoms with E-state index in [0.29, 0.717) is 39.3 Å². The summed E-state index contributed by atoms with van der Waals surface area (Å²) in [5.41, 5.74) is 0. The van der Waals surface area contributed by atoms with Gasteiger partial charge < -0.3 is 20.4 Å². The van der Waals surface area contributed by atoms with E-state index >= 15 is 0 Å². The minimum atomic E-state index is -0.0321. The van der Waals surface area contributed by atoms with Crippen LogP contribution in [-0.4, -0.2) is 67.6 Å². The molecule has 110 valence electrons. The maximum absolute atomic E-state index is 12.2. The van der Waals surface area contributed by atoms with E-state index in [1.807, 2.05) is 25.7 Å². The highest BCUT2D eigenvalue weighted by Crippen LogP contribution is 2.07. The number of piperazine rings is 1. The molecule has 0 aromatic heterocycles. The van der Waals surface area contributed by atoms with Gasteiger partial charge in [-0.25, -0.2) is 4.79 Å². The molecule has 19 heavy (non-hydrogen) atoms. The molecule has 1 aliphatic heterocycles. The summed E-state index contributed by atoms with van der Waals surface area (Å²) in [6.07, 6.45) is 0. The van der Waals surface area contributed by atoms with Crippen LogP contribution in [0.15, 0.2) is 0 Å². The molecular formula is C13H26N4O2. The third kappa shape index (κ3) is 4.70. The van der Waals surface area contributed by atoms with Gasteiger partial charge in [0.2, 0.25) is 5.91 Å². The number of rotatable bonds is 5. The van der Waals surface area contributed by atoms with Crippen molar-refractivity contribution in [1.29, 1.82) is 0 Å². The molecule has 0 radical (unpaired) electrons. The number of carbonyl (C=O) groups excluding carboxylic acids is 2. The molecule has 1 aliphatic rings. The maximum Gasteiger partial charge on any atom is 0.317 e. The van der Waals surface area contributed by atoms with Crippen molar-refractivity contribution in [2.75, 3.05) is 45.8 Å². The lowest BCUT2D eigenvalue weighted by Gasteiger charge is -2.35. The lowest BCUT2D eigenvalue weighted by Crippen LogP contribution is -2.54. The van der Waals surface area contributed by atoms with Gasteiger partial charge in [-0.2, -0.15) is 0 Å². The van der Waals surface area contributed by atoms with Crippen molar-refractivity contribution in [1.82, 2.24) is 20.4 Å². The quantitative estimate of drug-likeness (QED) is 0.745. The molecule has 6 heteroatoms. The van der Waals surface area contributed by atoms with Crippen molar-refractivity contribution in [3.8, 4) is 0 Å². The van der Waals surface area contributed by atoms with Crippen LogP contribution in [0.4, 0.5) is 4.79 Å². The molecule has 0 aromatic carbocycles. The van der Waals surface area contributed by atoms with Crippen LogP contribution >= 0.6 is 0 Å². The lowest BCUT2D eigenvalue weighted by molar-refractivity contribution is -0.136. The van der Waals surface area contributed by atoms with Crippen molar-refractivity contribution >= 4 is 11.9 Å². The Morgan fingerprint density at radius 2 is 1.63 bits per heavy atom. The summed E-state index contributed by atoms with van der Waals surface area (Å²) in [6.45, 7) is 10.6. The number of hydrogen-bond donors (Lipinski definition) is 2. The molecule has 1 saturated heterocycles. The summed E-state index contributed by atoms with van der Waals surface area (Å²) in [4.78, 5) is 27.4. The number of hydrogen-bond acceptors (Lipinski definition) is 3. The van der Waals surface area contributed by atoms with Gasteiger partial charge in [-0.3, -0.25) is 4.79 Å². The second-order valence-electron chi connectivity index (χ2n) is 4.86. The number of nitrogens with zero attached hydrogens (tertiary/aromatic N) is 2. The molecule has 6 nitrogen and oxygen atoms in total. The normalized spacial score (nSPS) is 17.2. The summed E-state index contributed by atoms with van der Waals surface area (Å²) >= 11 is 0. The Morgan fingerprint density at radius 1 is 1.05 bits per heavy atom. The molecule has 1 unspecified atom stereocenters. The zero-order valence-electron chi connectivity index (χ0n) is 12.2. The first-order chi connectivity index (χ1) is 9.10. The van der Waals surface area contributed by atoms with E-state index in [0.717, 1.165) is 6.54 Å². The third-order valence-electron chi connectivity index (χ3n) is 3.33. The summed E-state index contributed by atoms with van der Waals surface area (Å²) in [5.74, 6) is 0.174. The smallest absolute Gasteiger partial charge is 0.317 e. The highest BCUT2D eigenvalue weighted by molar-refractivity contribution is 5.79. The Bertz CT molecular complexity index is 301. The largest absolute Gasteiger partial charge is 0.339 e. The predicted octanol–water partition coefficient (Wildman–Crippen LogP) is 0.106. The molecule has 3 amide bonds. The van der Waals surface area contributed by atoms with E-state index in [2.05, 4.69) is 10.6 Å². The zero-order chi connectivity index (χ0) is 14.3. The second-order valence-corrected chi connectivity index (χ2v) is 4.86. The van der Waals surface area contributed by atoms with Gasteiger partial charge in [0.25, 0.3) is 0 Å². The van der Waals surface area contributed by atoms with Gasteiger partial charge in [-0.1, -0.05) is 13.8 Å². The van der Waals surface area contributed by atoms with Crippen LogP contribution in [0.5, 0.6) is 0 Å². The molecule has 1 heterocycles. The van der Waals surface area contributed by atoms with Gasteiger partial charge in [0.05, 0.1) is 0 Å². The van der Waals surface area contributed by atoms with Gasteiger partial charge >= 0.3 is 6.03 Å². The summed E-state index contributed by atoms with van der Waals surface area (Å²) in [7, 11) is 0. The maximum atomic E-state index is 12.2. The lowest BCUT2D eigenvalue weighted by atomic mass is 10.1. The summed E-state index contributed by atoms with van der Waals surface area (Å²) in [5, 5.41) is 5.97. The van der Waals surface area contributed by atoms with Crippen molar-refractivity contribution in [3.05, 3.63) is 0 Å². The zero-order valence-corrected chi connectivity index (χ0v) is 12.2. The molecule has 2 N–H and O–H groups in total. The predicted molar refractivity (Wildman–Crippen MR) is 74.9 cm³/mol. The Kier molecular flexibility index (Phi) is 6.62. The Hall–Kier alpha value is -1.30. The van der Waals surface area contributed by atoms with Crippen LogP contribution < -0.4 is 10.6 Å². The second kappa shape index (κ2) is 7.99. The van der Waals surface area contributed by atoms with E-state index in [1.165, 1.54) is 0 Å². The van der Waals surface area contributed by atoms with Crippen LogP contribution in [0.25, 0.3) is 0 Å². The Morgan fingerprint density at radius 3 is 2.16 bits per heavy atom. The van der Waals surface area contributed by atoms with Crippen LogP contribution in [0.3, 0.4) is 0 Å². The molecule has 0 bridgehead atoms. The molecule has 0 saturated carbocycles. The van der Waals surface area contributed by atoms with E-state index < -0.39 is 0 Å². The van der Waals surface area contributed by atoms with E-state index in [9.17, 15) is 9.59 Å². The van der Waals surface area contributed by atoms with Gasteiger partial charge in [0.1, 0.15) is 0 Å². The van der Waals surface area contributed by atoms with E-state index in [1.54, 1.807) is 4.90 Å². The average molecular weight is 270 g/mol. The van der Waals surface area contributed by atoms with Gasteiger partial charge in [-0.05, 0) is 13.5 Å². The van der Waals surface area contributed by atoms with Crippen LogP contribution in [0, 0.1) is 5.92 Å². The molecule has 0 aliphatic carbocycles. The van der Waals surface area contributed by atoms with Crippen molar-refractivity contribution in [2.45, 2.75) is 20.8 Å². The average Bonchev–Trinajstić information content (AvgIpc) is 2.44. The monoisotopic (exact) mass is 270 g/mol. The number of carbonyl (C=O) groups is 2.